The van der Waals surface area contributed by atoms with Gasteiger partial charge in [-0.25, -0.2) is 19.3 Å². The van der Waals surface area contributed by atoms with Crippen LogP contribution in [0.1, 0.15) is 49.7 Å². The van der Waals surface area contributed by atoms with Crippen LogP contribution in [0.15, 0.2) is 106 Å². The Labute approximate surface area is 501 Å². The Morgan fingerprint density at radius 2 is 0.977 bits per heavy atom. The second-order valence-electron chi connectivity index (χ2n) is 21.5. The number of halogens is 1. The summed E-state index contributed by atoms with van der Waals surface area (Å²) in [7, 11) is 8.80. The topological polar surface area (TPSA) is 276 Å². The van der Waals surface area contributed by atoms with Gasteiger partial charge in [0.1, 0.15) is 47.0 Å². The minimum Gasteiger partial charge on any atom is -0.497 e. The average molecular weight is 1200 g/mol. The van der Waals surface area contributed by atoms with Gasteiger partial charge in [0.25, 0.3) is 16.7 Å². The van der Waals surface area contributed by atoms with Crippen LogP contribution >= 0.6 is 0 Å². The Hall–Kier alpha value is -8.49. The molecular formula is C62H76FN11O13. The van der Waals surface area contributed by atoms with Gasteiger partial charge in [-0.3, -0.25) is 48.3 Å². The van der Waals surface area contributed by atoms with E-state index in [0.29, 0.717) is 135 Å². The first-order valence-electron chi connectivity index (χ1n) is 28.8. The Kier molecular flexibility index (Phi) is 22.4. The largest absolute Gasteiger partial charge is 0.497 e. The molecule has 5 unspecified atom stereocenters. The van der Waals surface area contributed by atoms with E-state index < -0.39 is 18.1 Å². The molecule has 3 aliphatic rings. The van der Waals surface area contributed by atoms with E-state index in [0.717, 1.165) is 23.9 Å². The number of rotatable bonds is 18. The second-order valence-corrected chi connectivity index (χ2v) is 21.5. The normalized spacial score (nSPS) is 19.1. The van der Waals surface area contributed by atoms with Crippen LogP contribution < -0.4 is 41.9 Å². The molecule has 3 fully saturated rings. The van der Waals surface area contributed by atoms with Crippen LogP contribution in [0.2, 0.25) is 0 Å². The first-order valence-corrected chi connectivity index (χ1v) is 28.8. The second kappa shape index (κ2) is 30.2. The van der Waals surface area contributed by atoms with Gasteiger partial charge >= 0.3 is 17.9 Å². The Morgan fingerprint density at radius 3 is 1.41 bits per heavy atom. The van der Waals surface area contributed by atoms with Crippen molar-refractivity contribution in [1.29, 1.82) is 0 Å². The number of hydrogen-bond acceptors (Lipinski definition) is 21. The van der Waals surface area contributed by atoms with Crippen LogP contribution in [0.4, 0.5) is 4.39 Å². The predicted octanol–water partition coefficient (Wildman–Crippen LogP) is 3.63. The van der Waals surface area contributed by atoms with Crippen LogP contribution in [0.25, 0.3) is 33.1 Å². The van der Waals surface area contributed by atoms with Crippen molar-refractivity contribution in [2.45, 2.75) is 102 Å². The molecule has 0 radical (unpaired) electrons. The predicted molar refractivity (Wildman–Crippen MR) is 322 cm³/mol. The van der Waals surface area contributed by atoms with Crippen LogP contribution in [0.3, 0.4) is 0 Å². The van der Waals surface area contributed by atoms with Crippen LogP contribution in [0.5, 0.6) is 17.2 Å². The SMILES string of the molecule is COC(=O)C1CC(=O)CCN1CCn1c(=O)cnc2ccc(OC)cc21.COC(=O)C1CC(N)CCN1CCn1c(=O)cnc2ccc(OC)cc21.COC(=O)C1CC(NCc2ccc(C)c(F)c2)CCN1CCn1c(=O)cnc2ccc(OC)cc21. The monoisotopic (exact) mass is 1200 g/mol. The molecule has 3 saturated heterocycles. The third-order valence-corrected chi connectivity index (χ3v) is 16.3. The van der Waals surface area contributed by atoms with E-state index >= 15 is 0 Å². The van der Waals surface area contributed by atoms with Gasteiger partial charge in [0.05, 0.1) is 94.3 Å². The molecule has 10 rings (SSSR count). The standard InChI is InChI=1S/C26H31FN4O4.C18H24N4O4.C18H21N3O5/c1-17-4-5-18(12-21(17)27)15-28-19-8-9-30(24(13-19)26(33)35-3)10-11-31-23-14-20(34-2)6-7-22(23)29-16-25(31)32;1-25-13-3-4-14-15(10-13)22(17(23)11-20-14)8-7-21-6-5-12(19)9-16(21)18(24)26-2;1-25-13-3-4-14-15(10-13)21(17(23)11-19-14)8-7-20-6-5-12(22)9-16(20)18(24)26-2/h4-7,12,14,16,19,24,28H,8-11,13,15H2,1-3H3;3-4,10-12,16H,5-9,19H2,1-2H3;3-4,10-11,16H,5-9H2,1-2H3. The number of carbonyl (C=O) groups excluding carboxylic acids is 4. The third kappa shape index (κ3) is 16.1. The molecule has 0 bridgehead atoms. The number of piperidine rings is 3. The lowest BCUT2D eigenvalue weighted by Gasteiger charge is -2.38. The number of ether oxygens (including phenoxy) is 6. The molecule has 464 valence electrons. The maximum atomic E-state index is 13.9. The van der Waals surface area contributed by atoms with Gasteiger partial charge in [0.2, 0.25) is 0 Å². The number of ketones is 1. The summed E-state index contributed by atoms with van der Waals surface area (Å²) in [5.74, 6) is 0.763. The number of Topliss-reactive ketones (excluding diaryl/α,β-unsaturated/α-hetero) is 1. The highest BCUT2D eigenvalue weighted by atomic mass is 19.1. The van der Waals surface area contributed by atoms with Gasteiger partial charge in [0.15, 0.2) is 0 Å². The van der Waals surface area contributed by atoms with E-state index in [-0.39, 0.29) is 64.8 Å². The van der Waals surface area contributed by atoms with Crippen molar-refractivity contribution in [3.05, 3.63) is 139 Å². The number of aryl methyl sites for hydroxylation is 1. The maximum Gasteiger partial charge on any atom is 0.323 e. The van der Waals surface area contributed by atoms with Crippen molar-refractivity contribution in [1.82, 2.24) is 48.7 Å². The lowest BCUT2D eigenvalue weighted by Crippen LogP contribution is -2.53. The highest BCUT2D eigenvalue weighted by Gasteiger charge is 2.36. The van der Waals surface area contributed by atoms with Crippen molar-refractivity contribution >= 4 is 56.8 Å². The number of fused-ring (bicyclic) bond motifs is 3. The highest BCUT2D eigenvalue weighted by Crippen LogP contribution is 2.25. The van der Waals surface area contributed by atoms with Crippen molar-refractivity contribution in [2.24, 2.45) is 5.73 Å². The molecule has 87 heavy (non-hydrogen) atoms. The number of nitrogens with one attached hydrogen (secondary N) is 1. The molecular weight excluding hydrogens is 1130 g/mol. The molecule has 4 aromatic carbocycles. The Balaban J connectivity index is 0.000000172. The van der Waals surface area contributed by atoms with Crippen LogP contribution in [-0.4, -0.2) is 179 Å². The summed E-state index contributed by atoms with van der Waals surface area (Å²) in [4.78, 5) is 104. The fourth-order valence-electron chi connectivity index (χ4n) is 11.2. The van der Waals surface area contributed by atoms with Gasteiger partial charge in [-0.1, -0.05) is 12.1 Å². The summed E-state index contributed by atoms with van der Waals surface area (Å²) < 4.78 is 49.4. The lowest BCUT2D eigenvalue weighted by atomic mass is 9.96. The van der Waals surface area contributed by atoms with Crippen molar-refractivity contribution < 1.29 is 52.0 Å². The quantitative estimate of drug-likeness (QED) is 0.0917. The highest BCUT2D eigenvalue weighted by molar-refractivity contribution is 5.88. The Bertz CT molecular complexity index is 3760. The van der Waals surface area contributed by atoms with Gasteiger partial charge in [-0.15, -0.1) is 0 Å². The summed E-state index contributed by atoms with van der Waals surface area (Å²) in [6.45, 7) is 6.80. The molecule has 0 aliphatic carbocycles. The van der Waals surface area contributed by atoms with E-state index in [1.165, 1.54) is 39.9 Å². The number of likely N-dealkylation sites (tertiary alicyclic amines) is 3. The van der Waals surface area contributed by atoms with Crippen LogP contribution in [-0.2, 0) is 59.6 Å². The smallest absolute Gasteiger partial charge is 0.323 e. The number of nitrogens with two attached hydrogens (primary N) is 1. The van der Waals surface area contributed by atoms with E-state index in [2.05, 4.69) is 25.2 Å². The van der Waals surface area contributed by atoms with Gasteiger partial charge < -0.3 is 53.2 Å². The molecule has 7 aromatic rings. The number of hydrogen-bond donors (Lipinski definition) is 2. The number of nitrogens with zero attached hydrogens (tertiary/aromatic N) is 9. The number of carbonyl (C=O) groups is 4. The summed E-state index contributed by atoms with van der Waals surface area (Å²) in [5.41, 5.74) is 11.0. The molecule has 24 nitrogen and oxygen atoms in total. The summed E-state index contributed by atoms with van der Waals surface area (Å²) in [6.07, 6.45) is 7.23. The third-order valence-electron chi connectivity index (χ3n) is 16.3. The van der Waals surface area contributed by atoms with E-state index in [1.807, 2.05) is 34.1 Å². The first kappa shape index (κ1) is 64.5. The molecule has 0 amide bonds. The fourth-order valence-corrected chi connectivity index (χ4v) is 11.2. The molecule has 0 spiro atoms. The number of aromatic nitrogens is 6. The molecule has 3 aliphatic heterocycles. The number of esters is 3. The van der Waals surface area contributed by atoms with E-state index in [1.54, 1.807) is 90.5 Å². The maximum absolute atomic E-state index is 13.9. The zero-order valence-electron chi connectivity index (χ0n) is 50.1. The molecule has 3 aromatic heterocycles. The van der Waals surface area contributed by atoms with Crippen molar-refractivity contribution in [2.75, 3.05) is 81.9 Å². The van der Waals surface area contributed by atoms with Gasteiger partial charge in [0, 0.05) is 109 Å². The number of benzene rings is 4. The average Bonchev–Trinajstić information content (AvgIpc) is 3.57. The Morgan fingerprint density at radius 1 is 0.552 bits per heavy atom. The van der Waals surface area contributed by atoms with E-state index in [9.17, 15) is 38.0 Å². The van der Waals surface area contributed by atoms with Crippen molar-refractivity contribution in [3.8, 4) is 17.2 Å². The fraction of sp³-hybridized carbons (Fsp3) is 0.452. The minimum absolute atomic E-state index is 0.0101. The lowest BCUT2D eigenvalue weighted by molar-refractivity contribution is -0.151. The van der Waals surface area contributed by atoms with Gasteiger partial charge in [-0.2, -0.15) is 0 Å². The first-order chi connectivity index (χ1) is 41.9. The van der Waals surface area contributed by atoms with Crippen LogP contribution in [0, 0.1) is 12.7 Å². The van der Waals surface area contributed by atoms with Crippen molar-refractivity contribution in [3.63, 3.8) is 0 Å². The summed E-state index contributed by atoms with van der Waals surface area (Å²) in [6, 6.07) is 20.1. The zero-order valence-corrected chi connectivity index (χ0v) is 50.1. The van der Waals surface area contributed by atoms with Gasteiger partial charge in [-0.05, 0) is 86.2 Å². The van der Waals surface area contributed by atoms with E-state index in [4.69, 9.17) is 34.2 Å². The summed E-state index contributed by atoms with van der Waals surface area (Å²) in [5, 5.41) is 3.46. The molecule has 3 N–H and O–H groups in total. The number of methoxy groups -OCH3 is 6. The molecule has 0 saturated carbocycles. The molecule has 5 atom stereocenters. The zero-order chi connectivity index (χ0) is 62.3. The molecule has 25 heteroatoms. The minimum atomic E-state index is -0.598. The molecule has 6 heterocycles. The summed E-state index contributed by atoms with van der Waals surface area (Å²) >= 11 is 0.